The maximum atomic E-state index is 12.6. The number of hydrogen-bond acceptors (Lipinski definition) is 4. The van der Waals surface area contributed by atoms with Crippen molar-refractivity contribution in [3.8, 4) is 11.1 Å². The first-order valence-electron chi connectivity index (χ1n) is 12.3. The summed E-state index contributed by atoms with van der Waals surface area (Å²) in [4.78, 5) is 36.5. The number of benzene rings is 2. The normalized spacial score (nSPS) is 24.6. The van der Waals surface area contributed by atoms with E-state index in [1.54, 1.807) is 6.08 Å². The van der Waals surface area contributed by atoms with Gasteiger partial charge in [0, 0.05) is 12.5 Å². The van der Waals surface area contributed by atoms with Gasteiger partial charge < -0.3 is 20.5 Å². The van der Waals surface area contributed by atoms with Crippen molar-refractivity contribution in [2.24, 2.45) is 17.8 Å². The van der Waals surface area contributed by atoms with Crippen molar-refractivity contribution >= 4 is 18.0 Å². The van der Waals surface area contributed by atoms with Gasteiger partial charge in [0.05, 0.1) is 17.9 Å². The van der Waals surface area contributed by atoms with Gasteiger partial charge in [-0.3, -0.25) is 9.59 Å². The predicted octanol–water partition coefficient (Wildman–Crippen LogP) is 4.09. The van der Waals surface area contributed by atoms with Crippen molar-refractivity contribution in [1.82, 2.24) is 10.6 Å². The van der Waals surface area contributed by atoms with Crippen LogP contribution >= 0.6 is 0 Å². The molecule has 0 spiro atoms. The average Bonchev–Trinajstić information content (AvgIpc) is 3.59. The molecule has 7 heteroatoms. The summed E-state index contributed by atoms with van der Waals surface area (Å²) in [5, 5.41) is 15.1. The highest BCUT2D eigenvalue weighted by atomic mass is 16.5. The van der Waals surface area contributed by atoms with Gasteiger partial charge >= 0.3 is 12.1 Å². The van der Waals surface area contributed by atoms with Gasteiger partial charge in [-0.2, -0.15) is 0 Å². The molecule has 2 aromatic carbocycles. The first-order chi connectivity index (χ1) is 17.0. The molecule has 2 unspecified atom stereocenters. The number of ether oxygens (including phenoxy) is 1. The third-order valence-electron chi connectivity index (χ3n) is 7.58. The van der Waals surface area contributed by atoms with Gasteiger partial charge in [0.25, 0.3) is 0 Å². The highest BCUT2D eigenvalue weighted by Crippen LogP contribution is 2.44. The molecule has 0 radical (unpaired) electrons. The molecule has 35 heavy (non-hydrogen) atoms. The number of aliphatic carboxylic acids is 1. The summed E-state index contributed by atoms with van der Waals surface area (Å²) >= 11 is 0. The van der Waals surface area contributed by atoms with Crippen LogP contribution in [-0.4, -0.2) is 42.3 Å². The molecular weight excluding hydrogens is 444 g/mol. The van der Waals surface area contributed by atoms with E-state index in [1.165, 1.54) is 11.1 Å². The Bertz CT molecular complexity index is 1110. The quantitative estimate of drug-likeness (QED) is 0.525. The van der Waals surface area contributed by atoms with Crippen LogP contribution in [-0.2, 0) is 14.3 Å². The van der Waals surface area contributed by atoms with Crippen molar-refractivity contribution in [1.29, 1.82) is 0 Å². The summed E-state index contributed by atoms with van der Waals surface area (Å²) in [5.41, 5.74) is 4.67. The number of rotatable bonds is 7. The molecule has 7 nitrogen and oxygen atoms in total. The third kappa shape index (κ3) is 4.81. The van der Waals surface area contributed by atoms with Crippen LogP contribution in [0.5, 0.6) is 0 Å². The molecule has 5 rings (SSSR count). The zero-order valence-corrected chi connectivity index (χ0v) is 19.5. The first kappa shape index (κ1) is 23.1. The number of amides is 2. The second-order valence-corrected chi connectivity index (χ2v) is 9.68. The van der Waals surface area contributed by atoms with Crippen LogP contribution in [0, 0.1) is 17.8 Å². The summed E-state index contributed by atoms with van der Waals surface area (Å²) in [6.07, 6.45) is 5.96. The largest absolute Gasteiger partial charge is 0.481 e. The zero-order valence-electron chi connectivity index (χ0n) is 19.5. The fourth-order valence-electron chi connectivity index (χ4n) is 5.76. The molecule has 0 bridgehead atoms. The minimum Gasteiger partial charge on any atom is -0.481 e. The lowest BCUT2D eigenvalue weighted by molar-refractivity contribution is -0.143. The fraction of sp³-hybridized carbons (Fsp3) is 0.393. The lowest BCUT2D eigenvalue weighted by Gasteiger charge is -2.19. The molecule has 2 amide bonds. The van der Waals surface area contributed by atoms with Crippen LogP contribution in [0.1, 0.15) is 42.7 Å². The Morgan fingerprint density at radius 3 is 2.31 bits per heavy atom. The van der Waals surface area contributed by atoms with Gasteiger partial charge in [-0.15, -0.1) is 0 Å². The Kier molecular flexibility index (Phi) is 6.57. The van der Waals surface area contributed by atoms with Crippen molar-refractivity contribution in [3.63, 3.8) is 0 Å². The van der Waals surface area contributed by atoms with Crippen molar-refractivity contribution in [2.75, 3.05) is 13.2 Å². The number of carboxylic acids is 1. The second-order valence-electron chi connectivity index (χ2n) is 9.68. The van der Waals surface area contributed by atoms with Crippen molar-refractivity contribution < 1.29 is 24.2 Å². The summed E-state index contributed by atoms with van der Waals surface area (Å²) in [5.74, 6) is -1.66. The van der Waals surface area contributed by atoms with E-state index in [0.29, 0.717) is 19.4 Å². The Labute approximate surface area is 204 Å². The smallest absolute Gasteiger partial charge is 0.407 e. The Morgan fingerprint density at radius 2 is 1.63 bits per heavy atom. The van der Waals surface area contributed by atoms with Crippen LogP contribution in [0.15, 0.2) is 60.7 Å². The number of carbonyl (C=O) groups is 3. The predicted molar refractivity (Wildman–Crippen MR) is 131 cm³/mol. The molecular formula is C28H30N2O5. The summed E-state index contributed by atoms with van der Waals surface area (Å²) in [6.45, 7) is 0.622. The Balaban J connectivity index is 1.10. The van der Waals surface area contributed by atoms with Gasteiger partial charge in [-0.1, -0.05) is 67.1 Å². The van der Waals surface area contributed by atoms with Gasteiger partial charge in [-0.05, 0) is 47.4 Å². The highest BCUT2D eigenvalue weighted by molar-refractivity contribution is 5.82. The summed E-state index contributed by atoms with van der Waals surface area (Å²) in [7, 11) is 0. The summed E-state index contributed by atoms with van der Waals surface area (Å²) < 4.78 is 5.61. The number of hydrogen-bond donors (Lipinski definition) is 3. The first-order valence-corrected chi connectivity index (χ1v) is 12.3. The van der Waals surface area contributed by atoms with E-state index in [9.17, 15) is 19.5 Å². The third-order valence-corrected chi connectivity index (χ3v) is 7.58. The molecule has 182 valence electrons. The van der Waals surface area contributed by atoms with E-state index >= 15 is 0 Å². The molecule has 0 aromatic heterocycles. The van der Waals surface area contributed by atoms with E-state index in [4.69, 9.17) is 4.74 Å². The van der Waals surface area contributed by atoms with E-state index in [-0.39, 0.29) is 42.2 Å². The topological polar surface area (TPSA) is 105 Å². The van der Waals surface area contributed by atoms with Gasteiger partial charge in [0.1, 0.15) is 6.61 Å². The molecule has 0 saturated heterocycles. The molecule has 0 aliphatic heterocycles. The Morgan fingerprint density at radius 1 is 0.943 bits per heavy atom. The van der Waals surface area contributed by atoms with Crippen LogP contribution in [0.25, 0.3) is 11.1 Å². The Hall–Kier alpha value is -3.61. The van der Waals surface area contributed by atoms with Gasteiger partial charge in [-0.25, -0.2) is 4.79 Å². The van der Waals surface area contributed by atoms with Crippen LogP contribution in [0.4, 0.5) is 4.79 Å². The monoisotopic (exact) mass is 474 g/mol. The number of nitrogens with one attached hydrogen (secondary N) is 2. The lowest BCUT2D eigenvalue weighted by atomic mass is 9.96. The maximum absolute atomic E-state index is 12.6. The molecule has 3 N–H and O–H groups in total. The molecule has 3 aliphatic carbocycles. The van der Waals surface area contributed by atoms with Crippen molar-refractivity contribution in [3.05, 3.63) is 71.8 Å². The number of alkyl carbamates (subject to hydrolysis) is 1. The van der Waals surface area contributed by atoms with Gasteiger partial charge in [0.15, 0.2) is 0 Å². The van der Waals surface area contributed by atoms with E-state index in [1.807, 2.05) is 30.3 Å². The van der Waals surface area contributed by atoms with Crippen LogP contribution < -0.4 is 10.6 Å². The summed E-state index contributed by atoms with van der Waals surface area (Å²) in [6, 6.07) is 16.1. The van der Waals surface area contributed by atoms with E-state index in [2.05, 4.69) is 34.9 Å². The molecule has 2 aromatic rings. The minimum atomic E-state index is -0.783. The molecule has 1 fully saturated rings. The molecule has 4 atom stereocenters. The van der Waals surface area contributed by atoms with Crippen LogP contribution in [0.3, 0.4) is 0 Å². The van der Waals surface area contributed by atoms with Crippen LogP contribution in [0.2, 0.25) is 0 Å². The van der Waals surface area contributed by atoms with E-state index in [0.717, 1.165) is 24.0 Å². The SMILES string of the molecule is O=C(NC1C=CC(C(=O)NC[C@@H]2CCC[C@@H]2C(=O)O)C1)OCC1c2ccccc2-c2ccccc21. The minimum absolute atomic E-state index is 0.00369. The fourth-order valence-corrected chi connectivity index (χ4v) is 5.76. The lowest BCUT2D eigenvalue weighted by Crippen LogP contribution is -2.38. The number of carboxylic acid groups (broad SMARTS) is 1. The molecule has 3 aliphatic rings. The zero-order chi connectivity index (χ0) is 24.4. The van der Waals surface area contributed by atoms with Gasteiger partial charge in [0.2, 0.25) is 5.91 Å². The maximum Gasteiger partial charge on any atom is 0.407 e. The number of fused-ring (bicyclic) bond motifs is 3. The number of carbonyl (C=O) groups excluding carboxylic acids is 2. The molecule has 0 heterocycles. The molecule has 1 saturated carbocycles. The second kappa shape index (κ2) is 9.94. The average molecular weight is 475 g/mol. The van der Waals surface area contributed by atoms with E-state index < -0.39 is 12.1 Å². The standard InChI is InChI=1S/C28H30N2O5/c31-26(29-15-18-6-5-11-20(18)27(32)33)17-12-13-19(14-17)30-28(34)35-16-25-23-9-3-1-7-21(23)22-8-2-4-10-24(22)25/h1-4,7-10,12-13,17-20,25H,5-6,11,14-16H2,(H,29,31)(H,30,34)(H,32,33)/t17?,18-,19?,20-/m0/s1. The highest BCUT2D eigenvalue weighted by Gasteiger charge is 2.34. The van der Waals surface area contributed by atoms with Crippen molar-refractivity contribution in [2.45, 2.75) is 37.6 Å².